The van der Waals surface area contributed by atoms with Crippen LogP contribution in [-0.4, -0.2) is 0 Å². The molecule has 0 radical (unpaired) electrons. The maximum atomic E-state index is 8.79. The number of allylic oxidation sites excluding steroid dienone is 1. The average molecular weight is 171 g/mol. The Kier molecular flexibility index (Phi) is 2.87. The van der Waals surface area contributed by atoms with Crippen molar-refractivity contribution in [3.05, 3.63) is 47.0 Å². The quantitative estimate of drug-likeness (QED) is 0.628. The molecule has 0 N–H and O–H groups in total. The molecule has 0 fully saturated rings. The zero-order chi connectivity index (χ0) is 9.84. The van der Waals surface area contributed by atoms with Crippen molar-refractivity contribution in [2.24, 2.45) is 0 Å². The number of aryl methyl sites for hydroxylation is 2. The summed E-state index contributed by atoms with van der Waals surface area (Å²) in [5, 5.41) is 8.79. The molecule has 0 atom stereocenters. The van der Waals surface area contributed by atoms with Gasteiger partial charge in [-0.1, -0.05) is 12.1 Å². The summed E-state index contributed by atoms with van der Waals surface area (Å²) in [5.74, 6) is 0. The molecule has 0 aliphatic rings. The zero-order valence-corrected chi connectivity index (χ0v) is 8.09. The fourth-order valence-electron chi connectivity index (χ4n) is 1.37. The normalized spacial score (nSPS) is 9.31. The van der Waals surface area contributed by atoms with Gasteiger partial charge in [0, 0.05) is 0 Å². The van der Waals surface area contributed by atoms with Crippen LogP contribution in [0.25, 0.3) is 0 Å². The molecular formula is C12H13N. The third kappa shape index (κ3) is 1.97. The lowest BCUT2D eigenvalue weighted by Crippen LogP contribution is -1.91. The van der Waals surface area contributed by atoms with Gasteiger partial charge in [-0.25, -0.2) is 0 Å². The first-order valence-corrected chi connectivity index (χ1v) is 4.30. The molecule has 1 heteroatoms. The first-order valence-electron chi connectivity index (χ1n) is 4.30. The van der Waals surface area contributed by atoms with Crippen LogP contribution in [0.1, 0.15) is 22.3 Å². The standard InChI is InChI=1S/C12H13N/c1-4-5-11-6-10(3)12(8-13)7-9(11)2/h4,6-7H,1,5H2,2-3H3. The molecule has 1 nitrogen and oxygen atoms in total. The molecule has 1 aromatic rings. The van der Waals surface area contributed by atoms with Crippen molar-refractivity contribution in [2.75, 3.05) is 0 Å². The summed E-state index contributed by atoms with van der Waals surface area (Å²) in [6.07, 6.45) is 2.76. The summed E-state index contributed by atoms with van der Waals surface area (Å²) in [6.45, 7) is 7.69. The fourth-order valence-corrected chi connectivity index (χ4v) is 1.37. The first kappa shape index (κ1) is 9.54. The molecule has 0 aliphatic heterocycles. The molecule has 0 amide bonds. The summed E-state index contributed by atoms with van der Waals surface area (Å²) in [4.78, 5) is 0. The second kappa shape index (κ2) is 3.91. The van der Waals surface area contributed by atoms with Crippen LogP contribution in [0.3, 0.4) is 0 Å². The van der Waals surface area contributed by atoms with E-state index in [0.29, 0.717) is 0 Å². The molecular weight excluding hydrogens is 158 g/mol. The monoisotopic (exact) mass is 171 g/mol. The average Bonchev–Trinajstić information content (AvgIpc) is 2.11. The molecule has 0 unspecified atom stereocenters. The predicted octanol–water partition coefficient (Wildman–Crippen LogP) is 2.90. The van der Waals surface area contributed by atoms with E-state index in [1.807, 2.05) is 26.0 Å². The van der Waals surface area contributed by atoms with Crippen LogP contribution in [-0.2, 0) is 6.42 Å². The number of rotatable bonds is 2. The number of benzene rings is 1. The Morgan fingerprint density at radius 2 is 2.08 bits per heavy atom. The van der Waals surface area contributed by atoms with Crippen molar-refractivity contribution in [3.63, 3.8) is 0 Å². The highest BCUT2D eigenvalue weighted by molar-refractivity contribution is 5.44. The highest BCUT2D eigenvalue weighted by Crippen LogP contribution is 2.15. The Balaban J connectivity index is 3.21. The topological polar surface area (TPSA) is 23.8 Å². The maximum absolute atomic E-state index is 8.79. The van der Waals surface area contributed by atoms with E-state index in [1.54, 1.807) is 0 Å². The van der Waals surface area contributed by atoms with E-state index in [0.717, 1.165) is 17.5 Å². The number of nitriles is 1. The summed E-state index contributed by atoms with van der Waals surface area (Å²) in [6, 6.07) is 6.18. The van der Waals surface area contributed by atoms with E-state index in [-0.39, 0.29) is 0 Å². The molecule has 0 aliphatic carbocycles. The van der Waals surface area contributed by atoms with Gasteiger partial charge in [-0.15, -0.1) is 6.58 Å². The van der Waals surface area contributed by atoms with Gasteiger partial charge in [0.05, 0.1) is 11.6 Å². The number of nitrogens with zero attached hydrogens (tertiary/aromatic N) is 1. The van der Waals surface area contributed by atoms with Gasteiger partial charge in [-0.05, 0) is 43.0 Å². The van der Waals surface area contributed by atoms with Crippen LogP contribution >= 0.6 is 0 Å². The van der Waals surface area contributed by atoms with E-state index in [9.17, 15) is 0 Å². The third-order valence-electron chi connectivity index (χ3n) is 2.17. The van der Waals surface area contributed by atoms with Gasteiger partial charge in [-0.3, -0.25) is 0 Å². The SMILES string of the molecule is C=CCc1cc(C)c(C#N)cc1C. The van der Waals surface area contributed by atoms with E-state index >= 15 is 0 Å². The van der Waals surface area contributed by atoms with Crippen LogP contribution in [0.5, 0.6) is 0 Å². The molecule has 1 aromatic carbocycles. The van der Waals surface area contributed by atoms with Gasteiger partial charge in [0.1, 0.15) is 0 Å². The Hall–Kier alpha value is -1.55. The first-order chi connectivity index (χ1) is 6.19. The largest absolute Gasteiger partial charge is 0.192 e. The van der Waals surface area contributed by atoms with Gasteiger partial charge in [0.15, 0.2) is 0 Å². The van der Waals surface area contributed by atoms with Crippen molar-refractivity contribution < 1.29 is 0 Å². The van der Waals surface area contributed by atoms with Gasteiger partial charge in [-0.2, -0.15) is 5.26 Å². The molecule has 66 valence electrons. The van der Waals surface area contributed by atoms with E-state index in [4.69, 9.17) is 5.26 Å². The number of hydrogen-bond acceptors (Lipinski definition) is 1. The van der Waals surface area contributed by atoms with Crippen LogP contribution < -0.4 is 0 Å². The van der Waals surface area contributed by atoms with E-state index in [1.165, 1.54) is 11.1 Å². The minimum Gasteiger partial charge on any atom is -0.192 e. The predicted molar refractivity (Wildman–Crippen MR) is 54.5 cm³/mol. The Morgan fingerprint density at radius 3 is 2.62 bits per heavy atom. The molecule has 1 rings (SSSR count). The summed E-state index contributed by atoms with van der Waals surface area (Å²) in [5.41, 5.74) is 4.24. The van der Waals surface area contributed by atoms with Crippen molar-refractivity contribution >= 4 is 0 Å². The van der Waals surface area contributed by atoms with Gasteiger partial charge in [0.25, 0.3) is 0 Å². The molecule has 0 spiro atoms. The van der Waals surface area contributed by atoms with Crippen LogP contribution in [0.2, 0.25) is 0 Å². The van der Waals surface area contributed by atoms with Crippen molar-refractivity contribution in [1.82, 2.24) is 0 Å². The second-order valence-corrected chi connectivity index (χ2v) is 3.20. The summed E-state index contributed by atoms with van der Waals surface area (Å²) >= 11 is 0. The minimum absolute atomic E-state index is 0.769. The third-order valence-corrected chi connectivity index (χ3v) is 2.17. The Labute approximate surface area is 79.3 Å². The Morgan fingerprint density at radius 1 is 1.38 bits per heavy atom. The van der Waals surface area contributed by atoms with Crippen LogP contribution in [0.15, 0.2) is 24.8 Å². The molecule has 0 heterocycles. The summed E-state index contributed by atoms with van der Waals surface area (Å²) < 4.78 is 0. The van der Waals surface area contributed by atoms with Crippen molar-refractivity contribution in [2.45, 2.75) is 20.3 Å². The second-order valence-electron chi connectivity index (χ2n) is 3.20. The molecule has 0 bridgehead atoms. The molecule has 0 aromatic heterocycles. The smallest absolute Gasteiger partial charge is 0.0994 e. The van der Waals surface area contributed by atoms with Gasteiger partial charge in [0.2, 0.25) is 0 Å². The zero-order valence-electron chi connectivity index (χ0n) is 8.09. The van der Waals surface area contributed by atoms with Gasteiger partial charge >= 0.3 is 0 Å². The van der Waals surface area contributed by atoms with E-state index in [2.05, 4.69) is 18.7 Å². The summed E-state index contributed by atoms with van der Waals surface area (Å²) in [7, 11) is 0. The highest BCUT2D eigenvalue weighted by Gasteiger charge is 2.02. The van der Waals surface area contributed by atoms with Crippen molar-refractivity contribution in [1.29, 1.82) is 5.26 Å². The van der Waals surface area contributed by atoms with Gasteiger partial charge < -0.3 is 0 Å². The number of hydrogen-bond donors (Lipinski definition) is 0. The van der Waals surface area contributed by atoms with Crippen LogP contribution in [0, 0.1) is 25.2 Å². The fraction of sp³-hybridized carbons (Fsp3) is 0.250. The molecule has 13 heavy (non-hydrogen) atoms. The lowest BCUT2D eigenvalue weighted by Gasteiger charge is -2.05. The maximum Gasteiger partial charge on any atom is 0.0994 e. The van der Waals surface area contributed by atoms with E-state index < -0.39 is 0 Å². The van der Waals surface area contributed by atoms with Crippen LogP contribution in [0.4, 0.5) is 0 Å². The molecule has 0 saturated carbocycles. The van der Waals surface area contributed by atoms with Crippen molar-refractivity contribution in [3.8, 4) is 6.07 Å². The highest BCUT2D eigenvalue weighted by atomic mass is 14.2. The molecule has 0 saturated heterocycles. The Bertz CT molecular complexity index is 369. The minimum atomic E-state index is 0.769. The lowest BCUT2D eigenvalue weighted by molar-refractivity contribution is 1.19. The lowest BCUT2D eigenvalue weighted by atomic mass is 9.99.